The minimum absolute atomic E-state index is 0.0829. The molecule has 1 N–H and O–H groups in total. The van der Waals surface area contributed by atoms with E-state index in [0.29, 0.717) is 5.11 Å². The van der Waals surface area contributed by atoms with Gasteiger partial charge in [0.2, 0.25) is 5.11 Å². The predicted molar refractivity (Wildman–Crippen MR) is 121 cm³/mol. The number of hydrogen-bond acceptors (Lipinski definition) is 5. The molecule has 8 nitrogen and oxygen atoms in total. The Labute approximate surface area is 178 Å². The van der Waals surface area contributed by atoms with Gasteiger partial charge < -0.3 is 9.47 Å². The second-order valence-electron chi connectivity index (χ2n) is 7.93. The quantitative estimate of drug-likeness (QED) is 0.335. The number of thiocarbonyl (C=S) groups is 1. The fourth-order valence-corrected chi connectivity index (χ4v) is 8.47. The molecule has 0 bridgehead atoms. The van der Waals surface area contributed by atoms with Crippen LogP contribution < -0.4 is 5.43 Å². The van der Waals surface area contributed by atoms with E-state index in [4.69, 9.17) is 26.4 Å². The third-order valence-electron chi connectivity index (χ3n) is 4.95. The summed E-state index contributed by atoms with van der Waals surface area (Å²) in [4.78, 5) is 4.09. The molecule has 0 amide bonds. The molecule has 160 valence electrons. The van der Waals surface area contributed by atoms with Crippen molar-refractivity contribution in [3.8, 4) is 0 Å². The van der Waals surface area contributed by atoms with Gasteiger partial charge in [0.05, 0.1) is 32.6 Å². The molecular formula is C19H31N6O2PS. The Balaban J connectivity index is 1.91. The highest BCUT2D eigenvalue weighted by Gasteiger charge is 2.45. The monoisotopic (exact) mass is 438 g/mol. The van der Waals surface area contributed by atoms with Crippen LogP contribution in [0.4, 0.5) is 0 Å². The van der Waals surface area contributed by atoms with Crippen molar-refractivity contribution in [2.75, 3.05) is 52.6 Å². The summed E-state index contributed by atoms with van der Waals surface area (Å²) in [6, 6.07) is 3.81. The predicted octanol–water partition coefficient (Wildman–Crippen LogP) is 2.78. The number of pyridine rings is 1. The molecule has 2 aliphatic heterocycles. The Kier molecular flexibility index (Phi) is 7.90. The molecule has 0 spiro atoms. The summed E-state index contributed by atoms with van der Waals surface area (Å²) in [5, 5.41) is 4.61. The number of rotatable bonds is 4. The van der Waals surface area contributed by atoms with Crippen LogP contribution >= 0.6 is 19.6 Å². The van der Waals surface area contributed by atoms with Crippen molar-refractivity contribution >= 4 is 30.9 Å². The van der Waals surface area contributed by atoms with Gasteiger partial charge in [0.1, 0.15) is 7.36 Å². The van der Waals surface area contributed by atoms with E-state index in [2.05, 4.69) is 45.6 Å². The first-order chi connectivity index (χ1) is 13.9. The summed E-state index contributed by atoms with van der Waals surface area (Å²) in [6.07, 6.45) is 5.19. The maximum atomic E-state index is 5.63. The van der Waals surface area contributed by atoms with Crippen molar-refractivity contribution in [2.45, 2.75) is 25.9 Å². The second-order valence-corrected chi connectivity index (χ2v) is 12.1. The molecule has 0 atom stereocenters. The van der Waals surface area contributed by atoms with Gasteiger partial charge in [0, 0.05) is 49.3 Å². The zero-order chi connectivity index (χ0) is 20.7. The molecule has 0 radical (unpaired) electrons. The number of nitrogens with one attached hydrogen (secondary N) is 1. The van der Waals surface area contributed by atoms with Gasteiger partial charge in [-0.1, -0.05) is 26.8 Å². The number of aromatic nitrogens is 1. The molecule has 2 aliphatic rings. The van der Waals surface area contributed by atoms with Crippen LogP contribution in [0, 0.1) is 0 Å². The Morgan fingerprint density at radius 3 is 2.21 bits per heavy atom. The molecule has 29 heavy (non-hydrogen) atoms. The van der Waals surface area contributed by atoms with Crippen molar-refractivity contribution in [3.63, 3.8) is 0 Å². The maximum Gasteiger partial charge on any atom is 0.214 e. The van der Waals surface area contributed by atoms with Crippen LogP contribution in [0.2, 0.25) is 0 Å². The van der Waals surface area contributed by atoms with Crippen molar-refractivity contribution < 1.29 is 9.47 Å². The van der Waals surface area contributed by atoms with Gasteiger partial charge in [-0.3, -0.25) is 19.8 Å². The van der Waals surface area contributed by atoms with Gasteiger partial charge in [-0.15, -0.1) is 0 Å². The number of morpholine rings is 2. The SMILES string of the molecule is CC(C)(C)P(=NC(=S)NN=Cc1cccnc1)(N1CCOCC1)N1CCOCC1. The smallest absolute Gasteiger partial charge is 0.214 e. The minimum atomic E-state index is -2.16. The van der Waals surface area contributed by atoms with Crippen LogP contribution in [-0.2, 0) is 9.47 Å². The first kappa shape index (κ1) is 22.5. The van der Waals surface area contributed by atoms with Gasteiger partial charge in [-0.25, -0.2) is 4.74 Å². The molecule has 0 unspecified atom stereocenters. The highest BCUT2D eigenvalue weighted by Crippen LogP contribution is 2.66. The zero-order valence-electron chi connectivity index (χ0n) is 17.5. The standard InChI is InChI=1S/C19H31N6O2PS/c1-19(2,3)28(24-7-11-26-12-8-24,25-9-13-27-14-10-25)23-18(29)22-21-16-17-5-4-6-20-15-17/h4-6,15-16H,7-14H2,1-3H3,(H,22,29). The molecule has 0 saturated carbocycles. The first-order valence-corrected chi connectivity index (χ1v) is 12.0. The van der Waals surface area contributed by atoms with Crippen LogP contribution in [0.5, 0.6) is 0 Å². The molecule has 2 fully saturated rings. The van der Waals surface area contributed by atoms with E-state index in [1.807, 2.05) is 12.1 Å². The highest BCUT2D eigenvalue weighted by atomic mass is 32.1. The lowest BCUT2D eigenvalue weighted by Crippen LogP contribution is -2.48. The minimum Gasteiger partial charge on any atom is -0.379 e. The van der Waals surface area contributed by atoms with Crippen LogP contribution in [0.25, 0.3) is 0 Å². The largest absolute Gasteiger partial charge is 0.379 e. The summed E-state index contributed by atoms with van der Waals surface area (Å²) >= 11 is 5.63. The molecule has 2 saturated heterocycles. The summed E-state index contributed by atoms with van der Waals surface area (Å²) < 4.78 is 21.5. The lowest BCUT2D eigenvalue weighted by Gasteiger charge is -2.52. The van der Waals surface area contributed by atoms with Crippen LogP contribution in [-0.4, -0.2) is 83.4 Å². The third-order valence-corrected chi connectivity index (χ3v) is 9.93. The van der Waals surface area contributed by atoms with E-state index in [0.717, 1.165) is 58.2 Å². The van der Waals surface area contributed by atoms with Crippen LogP contribution in [0.1, 0.15) is 26.3 Å². The summed E-state index contributed by atoms with van der Waals surface area (Å²) in [5.74, 6) is 0. The molecule has 10 heteroatoms. The maximum absolute atomic E-state index is 5.63. The zero-order valence-corrected chi connectivity index (χ0v) is 19.2. The number of nitrogens with zero attached hydrogens (tertiary/aromatic N) is 5. The normalized spacial score (nSPS) is 20.0. The summed E-state index contributed by atoms with van der Waals surface area (Å²) in [7, 11) is -2.16. The van der Waals surface area contributed by atoms with E-state index in [-0.39, 0.29) is 5.16 Å². The first-order valence-electron chi connectivity index (χ1n) is 9.95. The third kappa shape index (κ3) is 5.48. The van der Waals surface area contributed by atoms with E-state index < -0.39 is 7.36 Å². The fourth-order valence-electron chi connectivity index (χ4n) is 3.73. The molecule has 0 aliphatic carbocycles. The van der Waals surface area contributed by atoms with Gasteiger partial charge >= 0.3 is 0 Å². The molecule has 3 rings (SSSR count). The number of ether oxygens (including phenoxy) is 2. The van der Waals surface area contributed by atoms with Gasteiger partial charge in [-0.2, -0.15) is 5.10 Å². The average molecular weight is 439 g/mol. The Bertz CT molecular complexity index is 734. The van der Waals surface area contributed by atoms with E-state index in [1.165, 1.54) is 0 Å². The van der Waals surface area contributed by atoms with Crippen molar-refractivity contribution in [1.29, 1.82) is 0 Å². The molecule has 3 heterocycles. The fraction of sp³-hybridized carbons (Fsp3) is 0.632. The Morgan fingerprint density at radius 1 is 1.14 bits per heavy atom. The number of hydrazone groups is 1. The van der Waals surface area contributed by atoms with Gasteiger partial charge in [0.15, 0.2) is 0 Å². The average Bonchev–Trinajstić information content (AvgIpc) is 2.73. The lowest BCUT2D eigenvalue weighted by atomic mass is 10.3. The molecule has 1 aromatic heterocycles. The molecule has 0 aromatic carbocycles. The Hall–Kier alpha value is -1.22. The van der Waals surface area contributed by atoms with Gasteiger partial charge in [-0.05, 0) is 18.3 Å². The van der Waals surface area contributed by atoms with Crippen molar-refractivity contribution in [2.24, 2.45) is 9.85 Å². The lowest BCUT2D eigenvalue weighted by molar-refractivity contribution is 0.0551. The van der Waals surface area contributed by atoms with E-state index in [9.17, 15) is 0 Å². The van der Waals surface area contributed by atoms with Gasteiger partial charge in [0.25, 0.3) is 0 Å². The van der Waals surface area contributed by atoms with E-state index >= 15 is 0 Å². The number of hydrogen-bond donors (Lipinski definition) is 1. The van der Waals surface area contributed by atoms with Crippen LogP contribution in [0.15, 0.2) is 34.4 Å². The summed E-state index contributed by atoms with van der Waals surface area (Å²) in [6.45, 7) is 13.1. The van der Waals surface area contributed by atoms with Crippen molar-refractivity contribution in [3.05, 3.63) is 30.1 Å². The second kappa shape index (κ2) is 10.2. The van der Waals surface area contributed by atoms with E-state index in [1.54, 1.807) is 18.6 Å². The molecular weight excluding hydrogens is 407 g/mol. The highest BCUT2D eigenvalue weighted by molar-refractivity contribution is 7.81. The topological polar surface area (TPSA) is 74.6 Å². The van der Waals surface area contributed by atoms with Crippen LogP contribution in [0.3, 0.4) is 0 Å². The van der Waals surface area contributed by atoms with Crippen molar-refractivity contribution in [1.82, 2.24) is 19.8 Å². The molecule has 1 aromatic rings. The Morgan fingerprint density at radius 2 is 1.72 bits per heavy atom. The summed E-state index contributed by atoms with van der Waals surface area (Å²) in [5.41, 5.74) is 3.86.